The minimum atomic E-state index is -0.493. The topological polar surface area (TPSA) is 93.2 Å². The summed E-state index contributed by atoms with van der Waals surface area (Å²) in [5, 5.41) is 7.48. The van der Waals surface area contributed by atoms with Gasteiger partial charge in [-0.05, 0) is 19.4 Å². The standard InChI is InChI=1S/C13H21N5O2/c1-3-11-10(7-17(2)16-11)13(20)18(8-12(14)19)9-4-5-15-6-9/h7,9,15H,3-6,8H2,1-2H3,(H2,14,19). The van der Waals surface area contributed by atoms with Crippen LogP contribution in [0.15, 0.2) is 6.20 Å². The molecule has 7 nitrogen and oxygen atoms in total. The molecular formula is C13H21N5O2. The molecule has 1 fully saturated rings. The van der Waals surface area contributed by atoms with Crippen LogP contribution in [0.3, 0.4) is 0 Å². The van der Waals surface area contributed by atoms with Gasteiger partial charge in [0.25, 0.3) is 5.91 Å². The van der Waals surface area contributed by atoms with Crippen molar-refractivity contribution in [1.82, 2.24) is 20.0 Å². The number of nitrogens with two attached hydrogens (primary N) is 1. The van der Waals surface area contributed by atoms with E-state index in [1.807, 2.05) is 6.92 Å². The first kappa shape index (κ1) is 14.5. The number of primary amides is 1. The van der Waals surface area contributed by atoms with Crippen molar-refractivity contribution in [2.45, 2.75) is 25.8 Å². The molecule has 0 radical (unpaired) electrons. The van der Waals surface area contributed by atoms with Crippen LogP contribution in [-0.2, 0) is 18.3 Å². The van der Waals surface area contributed by atoms with Gasteiger partial charge < -0.3 is 16.0 Å². The molecule has 0 saturated carbocycles. The molecule has 1 atom stereocenters. The Morgan fingerprint density at radius 2 is 2.35 bits per heavy atom. The molecule has 2 heterocycles. The van der Waals surface area contributed by atoms with Crippen LogP contribution in [0.25, 0.3) is 0 Å². The summed E-state index contributed by atoms with van der Waals surface area (Å²) >= 11 is 0. The predicted molar refractivity (Wildman–Crippen MR) is 74.1 cm³/mol. The summed E-state index contributed by atoms with van der Waals surface area (Å²) in [5.41, 5.74) is 6.59. The Morgan fingerprint density at radius 1 is 1.60 bits per heavy atom. The molecule has 2 amide bonds. The quantitative estimate of drug-likeness (QED) is 0.743. The molecule has 1 saturated heterocycles. The van der Waals surface area contributed by atoms with Crippen LogP contribution >= 0.6 is 0 Å². The summed E-state index contributed by atoms with van der Waals surface area (Å²) in [6.45, 7) is 3.44. The zero-order valence-electron chi connectivity index (χ0n) is 11.9. The molecule has 7 heteroatoms. The molecule has 20 heavy (non-hydrogen) atoms. The molecule has 0 bridgehead atoms. The minimum Gasteiger partial charge on any atom is -0.368 e. The third-order valence-electron chi connectivity index (χ3n) is 3.53. The van der Waals surface area contributed by atoms with Gasteiger partial charge in [0.15, 0.2) is 0 Å². The maximum Gasteiger partial charge on any atom is 0.258 e. The van der Waals surface area contributed by atoms with Gasteiger partial charge in [-0.15, -0.1) is 0 Å². The lowest BCUT2D eigenvalue weighted by Crippen LogP contribution is -2.46. The Kier molecular flexibility index (Phi) is 4.39. The van der Waals surface area contributed by atoms with Gasteiger partial charge in [-0.1, -0.05) is 6.92 Å². The van der Waals surface area contributed by atoms with E-state index < -0.39 is 5.91 Å². The average Bonchev–Trinajstić information content (AvgIpc) is 3.03. The van der Waals surface area contributed by atoms with Gasteiger partial charge in [0.2, 0.25) is 5.91 Å². The lowest BCUT2D eigenvalue weighted by atomic mass is 10.1. The maximum atomic E-state index is 12.7. The second-order valence-corrected chi connectivity index (χ2v) is 5.06. The Hall–Kier alpha value is -1.89. The fourth-order valence-corrected chi connectivity index (χ4v) is 2.57. The lowest BCUT2D eigenvalue weighted by Gasteiger charge is -2.27. The summed E-state index contributed by atoms with van der Waals surface area (Å²) in [7, 11) is 1.78. The molecule has 1 aromatic heterocycles. The van der Waals surface area contributed by atoms with Crippen molar-refractivity contribution in [3.8, 4) is 0 Å². The Bertz CT molecular complexity index is 505. The Labute approximate surface area is 118 Å². The fraction of sp³-hybridized carbons (Fsp3) is 0.615. The Balaban J connectivity index is 2.26. The normalized spacial score (nSPS) is 18.2. The van der Waals surface area contributed by atoms with Crippen molar-refractivity contribution in [2.75, 3.05) is 19.6 Å². The van der Waals surface area contributed by atoms with E-state index in [1.165, 1.54) is 0 Å². The molecule has 3 N–H and O–H groups in total. The molecule has 2 rings (SSSR count). The number of hydrogen-bond donors (Lipinski definition) is 2. The number of nitrogens with one attached hydrogen (secondary N) is 1. The monoisotopic (exact) mass is 279 g/mol. The molecule has 1 aromatic rings. The number of amides is 2. The van der Waals surface area contributed by atoms with E-state index in [2.05, 4.69) is 10.4 Å². The highest BCUT2D eigenvalue weighted by molar-refractivity contribution is 5.97. The van der Waals surface area contributed by atoms with Gasteiger partial charge in [-0.25, -0.2) is 0 Å². The second kappa shape index (κ2) is 6.04. The van der Waals surface area contributed by atoms with Gasteiger partial charge in [0.1, 0.15) is 0 Å². The molecule has 110 valence electrons. The van der Waals surface area contributed by atoms with Crippen molar-refractivity contribution >= 4 is 11.8 Å². The highest BCUT2D eigenvalue weighted by Crippen LogP contribution is 2.16. The van der Waals surface area contributed by atoms with Crippen molar-refractivity contribution in [1.29, 1.82) is 0 Å². The van der Waals surface area contributed by atoms with Crippen LogP contribution in [0.4, 0.5) is 0 Å². The predicted octanol–water partition coefficient (Wildman–Crippen LogP) is -0.728. The first-order valence-electron chi connectivity index (χ1n) is 6.85. The van der Waals surface area contributed by atoms with Gasteiger partial charge in [-0.3, -0.25) is 14.3 Å². The molecule has 1 aliphatic rings. The molecular weight excluding hydrogens is 258 g/mol. The zero-order valence-corrected chi connectivity index (χ0v) is 11.9. The molecule has 0 spiro atoms. The van der Waals surface area contributed by atoms with Gasteiger partial charge in [0.05, 0.1) is 17.8 Å². The van der Waals surface area contributed by atoms with Crippen LogP contribution in [-0.4, -0.2) is 52.2 Å². The van der Waals surface area contributed by atoms with Gasteiger partial charge >= 0.3 is 0 Å². The summed E-state index contributed by atoms with van der Waals surface area (Å²) in [6, 6.07) is 0.0138. The third kappa shape index (κ3) is 2.98. The third-order valence-corrected chi connectivity index (χ3v) is 3.53. The molecule has 0 aliphatic carbocycles. The number of carbonyl (C=O) groups excluding carboxylic acids is 2. The highest BCUT2D eigenvalue weighted by atomic mass is 16.2. The van der Waals surface area contributed by atoms with E-state index in [-0.39, 0.29) is 18.5 Å². The Morgan fingerprint density at radius 3 is 2.90 bits per heavy atom. The van der Waals surface area contributed by atoms with Crippen LogP contribution in [0, 0.1) is 0 Å². The maximum absolute atomic E-state index is 12.7. The SMILES string of the molecule is CCc1nn(C)cc1C(=O)N(CC(N)=O)C1CCNC1. The minimum absolute atomic E-state index is 0.0138. The van der Waals surface area contributed by atoms with E-state index in [0.29, 0.717) is 18.5 Å². The summed E-state index contributed by atoms with van der Waals surface area (Å²) in [5.74, 6) is -0.658. The summed E-state index contributed by atoms with van der Waals surface area (Å²) in [4.78, 5) is 25.5. The van der Waals surface area contributed by atoms with E-state index in [0.717, 1.165) is 18.7 Å². The first-order valence-corrected chi connectivity index (χ1v) is 6.85. The first-order chi connectivity index (χ1) is 9.52. The average molecular weight is 279 g/mol. The second-order valence-electron chi connectivity index (χ2n) is 5.06. The molecule has 1 unspecified atom stereocenters. The summed E-state index contributed by atoms with van der Waals surface area (Å²) in [6.07, 6.45) is 3.22. The van der Waals surface area contributed by atoms with E-state index in [4.69, 9.17) is 5.73 Å². The van der Waals surface area contributed by atoms with Crippen molar-refractivity contribution in [3.63, 3.8) is 0 Å². The van der Waals surface area contributed by atoms with Crippen LogP contribution in [0.2, 0.25) is 0 Å². The fourth-order valence-electron chi connectivity index (χ4n) is 2.57. The summed E-state index contributed by atoms with van der Waals surface area (Å²) < 4.78 is 1.63. The van der Waals surface area contributed by atoms with Gasteiger partial charge in [-0.2, -0.15) is 5.10 Å². The number of nitrogens with zero attached hydrogens (tertiary/aromatic N) is 3. The molecule has 0 aromatic carbocycles. The van der Waals surface area contributed by atoms with Crippen LogP contribution in [0.5, 0.6) is 0 Å². The molecule has 1 aliphatic heterocycles. The van der Waals surface area contributed by atoms with Gasteiger partial charge in [0, 0.05) is 25.8 Å². The number of aromatic nitrogens is 2. The van der Waals surface area contributed by atoms with E-state index in [1.54, 1.807) is 22.8 Å². The number of aryl methyl sites for hydroxylation is 2. The van der Waals surface area contributed by atoms with Crippen LogP contribution in [0.1, 0.15) is 29.4 Å². The van der Waals surface area contributed by atoms with Crippen molar-refractivity contribution in [3.05, 3.63) is 17.5 Å². The number of hydrogen-bond acceptors (Lipinski definition) is 4. The largest absolute Gasteiger partial charge is 0.368 e. The van der Waals surface area contributed by atoms with Crippen LogP contribution < -0.4 is 11.1 Å². The highest BCUT2D eigenvalue weighted by Gasteiger charge is 2.30. The van der Waals surface area contributed by atoms with Crippen molar-refractivity contribution in [2.24, 2.45) is 12.8 Å². The van der Waals surface area contributed by atoms with Crippen molar-refractivity contribution < 1.29 is 9.59 Å². The smallest absolute Gasteiger partial charge is 0.258 e. The van der Waals surface area contributed by atoms with E-state index >= 15 is 0 Å². The number of carbonyl (C=O) groups is 2. The van der Waals surface area contributed by atoms with E-state index in [9.17, 15) is 9.59 Å². The lowest BCUT2D eigenvalue weighted by molar-refractivity contribution is -0.119. The number of rotatable bonds is 5. The zero-order chi connectivity index (χ0) is 14.7.